The molecule has 1 aromatic heterocycles. The van der Waals surface area contributed by atoms with Gasteiger partial charge < -0.3 is 25.0 Å². The van der Waals surface area contributed by atoms with Gasteiger partial charge in [-0.15, -0.1) is 0 Å². The van der Waals surface area contributed by atoms with E-state index in [1.54, 1.807) is 0 Å². The summed E-state index contributed by atoms with van der Waals surface area (Å²) >= 11 is 0. The number of carbonyl (C=O) groups is 1. The lowest BCUT2D eigenvalue weighted by Gasteiger charge is -2.27. The first-order valence-electron chi connectivity index (χ1n) is 11.0. The van der Waals surface area contributed by atoms with Crippen molar-refractivity contribution in [1.82, 2.24) is 4.98 Å². The fraction of sp³-hybridized carbons (Fsp3) is 0.154. The first kappa shape index (κ1) is 22.4. The number of carbonyl (C=O) groups excluding carboxylic acids is 1. The molecule has 0 fully saturated rings. The van der Waals surface area contributed by atoms with Gasteiger partial charge in [-0.1, -0.05) is 6.07 Å². The molecule has 1 spiro atoms. The van der Waals surface area contributed by atoms with Crippen LogP contribution in [0.5, 0.6) is 11.5 Å². The van der Waals surface area contributed by atoms with Gasteiger partial charge in [-0.05, 0) is 29.9 Å². The van der Waals surface area contributed by atoms with E-state index in [-0.39, 0.29) is 34.9 Å². The summed E-state index contributed by atoms with van der Waals surface area (Å²) < 4.78 is 4.86. The van der Waals surface area contributed by atoms with Crippen molar-refractivity contribution in [2.45, 2.75) is 18.3 Å². The number of aromatic nitrogens is 1. The zero-order valence-corrected chi connectivity index (χ0v) is 18.9. The zero-order chi connectivity index (χ0) is 26.5. The Labute approximate surface area is 202 Å². The lowest BCUT2D eigenvalue weighted by atomic mass is 9.78. The van der Waals surface area contributed by atoms with E-state index in [1.165, 1.54) is 12.1 Å². The summed E-state index contributed by atoms with van der Waals surface area (Å²) in [5.74, 6) is -2.64. The molecule has 11 heteroatoms. The molecule has 0 unspecified atom stereocenters. The number of aliphatic hydroxyl groups excluding tert-OH is 2. The molecule has 37 heavy (non-hydrogen) atoms. The van der Waals surface area contributed by atoms with Gasteiger partial charge in [0, 0.05) is 11.6 Å². The summed E-state index contributed by atoms with van der Waals surface area (Å²) in [7, 11) is 1.11. The molecule has 11 nitrogen and oxygen atoms in total. The second kappa shape index (κ2) is 7.00. The summed E-state index contributed by atoms with van der Waals surface area (Å²) in [6, 6.07) is 3.63. The molecule has 0 radical (unpaired) electrons. The van der Waals surface area contributed by atoms with Crippen LogP contribution in [0.25, 0.3) is 22.3 Å². The summed E-state index contributed by atoms with van der Waals surface area (Å²) in [6.45, 7) is 0. The minimum absolute atomic E-state index is 0.0300. The van der Waals surface area contributed by atoms with Crippen LogP contribution in [0.4, 0.5) is 0 Å². The van der Waals surface area contributed by atoms with Gasteiger partial charge in [-0.3, -0.25) is 28.8 Å². The van der Waals surface area contributed by atoms with Crippen LogP contribution < -0.4 is 42.4 Å². The largest absolute Gasteiger partial charge is 0.510 e. The predicted molar refractivity (Wildman–Crippen MR) is 129 cm³/mol. The first-order valence-corrected chi connectivity index (χ1v) is 11.0. The molecule has 1 heterocycles. The average molecular weight is 501 g/mol. The second-order valence-corrected chi connectivity index (χ2v) is 9.06. The number of aryl methyl sites for hydroxylation is 1. The van der Waals surface area contributed by atoms with Crippen LogP contribution in [-0.4, -0.2) is 33.7 Å². The number of phenols is 1. The standard InChI is InChI=1S/C26H15NO10/c1-37-12-6-11(29)14-15(19(12)30)21(32)17-16(20(14)31)23(34)26(24(17)35)3-2-8-4-9-5-10(7-28)27-25(36)13(9)22(33)18(8)26/h4-7,33-35H,2-3H2,1H3,(H,27,36)/t26-/m0/s1. The van der Waals surface area contributed by atoms with E-state index in [0.717, 1.165) is 13.2 Å². The SMILES string of the molecule is COc1cc(=O)c2c(=O)c3c(c(=O)c=2c1=O)=C(O)[C@]1(CCc2cc4cc(C=O)[nH]c(=O)c4c(O)c21)C=3O. The fourth-order valence-electron chi connectivity index (χ4n) is 5.83. The molecular weight excluding hydrogens is 486 g/mol. The number of hydrogen-bond acceptors (Lipinski definition) is 10. The Morgan fingerprint density at radius 2 is 1.54 bits per heavy atom. The topological polar surface area (TPSA) is 188 Å². The van der Waals surface area contributed by atoms with E-state index < -0.39 is 76.6 Å². The molecular formula is C26H15NO10. The number of rotatable bonds is 2. The number of methoxy groups -OCH3 is 1. The summed E-state index contributed by atoms with van der Waals surface area (Å²) in [4.78, 5) is 78.5. The van der Waals surface area contributed by atoms with Gasteiger partial charge in [0.15, 0.2) is 17.5 Å². The molecule has 0 amide bonds. The molecule has 1 atom stereocenters. The maximum absolute atomic E-state index is 13.5. The Morgan fingerprint density at radius 1 is 0.892 bits per heavy atom. The van der Waals surface area contributed by atoms with Crippen molar-refractivity contribution < 1.29 is 24.9 Å². The van der Waals surface area contributed by atoms with E-state index in [9.17, 15) is 44.1 Å². The number of nitrogens with one attached hydrogen (secondary N) is 1. The van der Waals surface area contributed by atoms with Gasteiger partial charge in [0.05, 0.1) is 39.1 Å². The van der Waals surface area contributed by atoms with Crippen LogP contribution in [0.3, 0.4) is 0 Å². The molecule has 0 bridgehead atoms. The Hall–Kier alpha value is -5.06. The normalized spacial score (nSPS) is 18.1. The second-order valence-electron chi connectivity index (χ2n) is 9.06. The molecule has 4 aliphatic carbocycles. The van der Waals surface area contributed by atoms with Gasteiger partial charge in [0.1, 0.15) is 22.7 Å². The number of aromatic hydroxyl groups is 1. The van der Waals surface area contributed by atoms with Crippen LogP contribution in [-0.2, 0) is 11.8 Å². The Kier molecular flexibility index (Phi) is 4.24. The van der Waals surface area contributed by atoms with E-state index in [4.69, 9.17) is 4.74 Å². The first-order chi connectivity index (χ1) is 17.6. The van der Waals surface area contributed by atoms with Gasteiger partial charge in [0.2, 0.25) is 16.3 Å². The number of aromatic amines is 1. The predicted octanol–water partition coefficient (Wildman–Crippen LogP) is -1.67. The van der Waals surface area contributed by atoms with Crippen LogP contribution in [0.15, 0.2) is 42.2 Å². The van der Waals surface area contributed by atoms with Crippen molar-refractivity contribution in [2.24, 2.45) is 0 Å². The van der Waals surface area contributed by atoms with Gasteiger partial charge in [0.25, 0.3) is 5.56 Å². The number of aliphatic hydroxyl groups is 2. The van der Waals surface area contributed by atoms with Crippen molar-refractivity contribution in [3.05, 3.63) is 107 Å². The Bertz CT molecular complexity index is 2240. The van der Waals surface area contributed by atoms with Crippen LogP contribution in [0, 0.1) is 10.4 Å². The minimum atomic E-state index is -1.97. The van der Waals surface area contributed by atoms with E-state index in [0.29, 0.717) is 11.8 Å². The van der Waals surface area contributed by atoms with Crippen molar-refractivity contribution >= 4 is 28.6 Å². The van der Waals surface area contributed by atoms with Crippen molar-refractivity contribution in [3.63, 3.8) is 0 Å². The number of fused-ring (bicyclic) bond motifs is 4. The molecule has 2 aromatic rings. The van der Waals surface area contributed by atoms with Crippen molar-refractivity contribution in [1.29, 1.82) is 0 Å². The third kappa shape index (κ3) is 2.45. The highest BCUT2D eigenvalue weighted by Crippen LogP contribution is 2.54. The zero-order valence-electron chi connectivity index (χ0n) is 18.9. The monoisotopic (exact) mass is 501 g/mol. The molecule has 6 rings (SSSR count). The molecule has 4 aliphatic rings. The Morgan fingerprint density at radius 3 is 2.16 bits per heavy atom. The third-order valence-electron chi connectivity index (χ3n) is 7.40. The highest BCUT2D eigenvalue weighted by molar-refractivity contribution is 5.95. The Balaban J connectivity index is 1.84. The summed E-state index contributed by atoms with van der Waals surface area (Å²) in [6.07, 6.45) is 0.461. The molecule has 1 aromatic carbocycles. The van der Waals surface area contributed by atoms with E-state index in [2.05, 4.69) is 4.98 Å². The number of ether oxygens (including phenoxy) is 1. The third-order valence-corrected chi connectivity index (χ3v) is 7.40. The van der Waals surface area contributed by atoms with Crippen molar-refractivity contribution in [2.75, 3.05) is 7.11 Å². The maximum atomic E-state index is 13.5. The number of benzene rings is 1. The van der Waals surface area contributed by atoms with Crippen LogP contribution >= 0.6 is 0 Å². The lowest BCUT2D eigenvalue weighted by Crippen LogP contribution is -2.51. The van der Waals surface area contributed by atoms with Crippen LogP contribution in [0.2, 0.25) is 0 Å². The number of H-pyrrole nitrogens is 1. The summed E-state index contributed by atoms with van der Waals surface area (Å²) in [5, 5.41) is 31.1. The van der Waals surface area contributed by atoms with Gasteiger partial charge in [-0.2, -0.15) is 0 Å². The van der Waals surface area contributed by atoms with Gasteiger partial charge >= 0.3 is 0 Å². The molecule has 184 valence electrons. The van der Waals surface area contributed by atoms with E-state index >= 15 is 0 Å². The maximum Gasteiger partial charge on any atom is 0.260 e. The van der Waals surface area contributed by atoms with Crippen molar-refractivity contribution in [3.8, 4) is 11.5 Å². The smallest absolute Gasteiger partial charge is 0.260 e. The van der Waals surface area contributed by atoms with E-state index in [1.807, 2.05) is 0 Å². The van der Waals surface area contributed by atoms with Gasteiger partial charge in [-0.25, -0.2) is 0 Å². The number of hydrogen-bond donors (Lipinski definition) is 4. The molecule has 0 saturated carbocycles. The van der Waals surface area contributed by atoms with Crippen LogP contribution in [0.1, 0.15) is 28.0 Å². The lowest BCUT2D eigenvalue weighted by molar-refractivity contribution is 0.111. The average Bonchev–Trinajstić information content (AvgIpc) is 3.35. The molecule has 0 aliphatic heterocycles. The highest BCUT2D eigenvalue weighted by atomic mass is 16.5. The highest BCUT2D eigenvalue weighted by Gasteiger charge is 2.53. The fourth-order valence-corrected chi connectivity index (χ4v) is 5.83. The summed E-state index contributed by atoms with van der Waals surface area (Å²) in [5.41, 5.74) is -6.79. The minimum Gasteiger partial charge on any atom is -0.510 e. The number of pyridine rings is 1. The quantitative estimate of drug-likeness (QED) is 0.231. The number of phenolic OH excluding ortho intramolecular Hbond substituents is 1. The molecule has 0 saturated heterocycles. The molecule has 4 N–H and O–H groups in total. The number of aldehydes is 1.